The number of hydrazine groups is 2. The van der Waals surface area contributed by atoms with E-state index in [1.807, 2.05) is 0 Å². The van der Waals surface area contributed by atoms with Crippen LogP contribution in [0.1, 0.15) is 0 Å². The minimum absolute atomic E-state index is 0.286. The third-order valence-corrected chi connectivity index (χ3v) is 0.770. The van der Waals surface area contributed by atoms with Crippen molar-refractivity contribution in [3.63, 3.8) is 0 Å². The van der Waals surface area contributed by atoms with Crippen molar-refractivity contribution in [1.29, 1.82) is 0 Å². The molecule has 0 spiro atoms. The maximum absolute atomic E-state index is 5.28. The largest absolute Gasteiger partial charge is 0.384 e. The summed E-state index contributed by atoms with van der Waals surface area (Å²) >= 11 is 0. The van der Waals surface area contributed by atoms with E-state index in [4.69, 9.17) is 17.3 Å². The Hall–Kier alpha value is -1.43. The Labute approximate surface area is 51.9 Å². The van der Waals surface area contributed by atoms with Gasteiger partial charge in [0.25, 0.3) is 0 Å². The molecule has 0 saturated heterocycles. The molecule has 1 heterocycles. The third kappa shape index (κ3) is 1.23. The summed E-state index contributed by atoms with van der Waals surface area (Å²) in [5.74, 6) is 5.81. The molecule has 0 aromatic carbocycles. The minimum atomic E-state index is 0.286. The van der Waals surface area contributed by atoms with Crippen molar-refractivity contribution in [2.45, 2.75) is 0 Å². The monoisotopic (exact) mass is 128 g/mol. The summed E-state index contributed by atoms with van der Waals surface area (Å²) in [5, 5.41) is 4.52. The van der Waals surface area contributed by atoms with Crippen molar-refractivity contribution < 1.29 is 0 Å². The summed E-state index contributed by atoms with van der Waals surface area (Å²) < 4.78 is 0. The van der Waals surface area contributed by atoms with Gasteiger partial charge in [0.1, 0.15) is 5.82 Å². The van der Waals surface area contributed by atoms with Gasteiger partial charge in [-0.2, -0.15) is 0 Å². The zero-order valence-electron chi connectivity index (χ0n) is 4.70. The molecule has 9 heavy (non-hydrogen) atoms. The highest BCUT2D eigenvalue weighted by atomic mass is 15.8. The van der Waals surface area contributed by atoms with Crippen molar-refractivity contribution in [3.8, 4) is 0 Å². The van der Waals surface area contributed by atoms with Crippen molar-refractivity contribution in [2.24, 2.45) is 22.4 Å². The molecule has 0 radical (unpaired) electrons. The molecule has 6 heteroatoms. The van der Waals surface area contributed by atoms with Crippen LogP contribution in [0, 0.1) is 0 Å². The molecule has 7 N–H and O–H groups in total. The Morgan fingerprint density at radius 2 is 2.22 bits per heavy atom. The lowest BCUT2D eigenvalue weighted by Gasteiger charge is -2.18. The fourth-order valence-electron chi connectivity index (χ4n) is 0.502. The third-order valence-electron chi connectivity index (χ3n) is 0.770. The molecular weight excluding hydrogens is 120 g/mol. The Kier molecular flexibility index (Phi) is 1.16. The standard InChI is InChI=1S/C3H8N6/c4-2-1-3(5)8-9(6)7-2/h1,7H,4,6H2,(H2,5,8). The van der Waals surface area contributed by atoms with E-state index in [9.17, 15) is 0 Å². The highest BCUT2D eigenvalue weighted by Crippen LogP contribution is 1.87. The summed E-state index contributed by atoms with van der Waals surface area (Å²) in [6.07, 6.45) is 1.48. The van der Waals surface area contributed by atoms with E-state index in [1.54, 1.807) is 0 Å². The van der Waals surface area contributed by atoms with Gasteiger partial charge in [-0.1, -0.05) is 0 Å². The smallest absolute Gasteiger partial charge is 0.150 e. The lowest BCUT2D eigenvalue weighted by atomic mass is 10.5. The van der Waals surface area contributed by atoms with Crippen LogP contribution in [0.4, 0.5) is 0 Å². The van der Waals surface area contributed by atoms with Gasteiger partial charge in [-0.15, -0.1) is 10.3 Å². The first-order valence-electron chi connectivity index (χ1n) is 2.31. The molecule has 0 aliphatic carbocycles. The summed E-state index contributed by atoms with van der Waals surface area (Å²) in [4.78, 5) is 0. The van der Waals surface area contributed by atoms with Crippen LogP contribution in [0.25, 0.3) is 0 Å². The quantitative estimate of drug-likeness (QED) is 0.276. The molecule has 0 aromatic heterocycles. The molecule has 0 bridgehead atoms. The van der Waals surface area contributed by atoms with E-state index < -0.39 is 0 Å². The van der Waals surface area contributed by atoms with Crippen LogP contribution in [0.2, 0.25) is 0 Å². The van der Waals surface area contributed by atoms with E-state index in [-0.39, 0.29) is 5.84 Å². The normalized spacial score (nSPS) is 18.1. The van der Waals surface area contributed by atoms with Crippen molar-refractivity contribution in [3.05, 3.63) is 11.9 Å². The summed E-state index contributed by atoms with van der Waals surface area (Å²) in [5.41, 5.74) is 13.0. The highest BCUT2D eigenvalue weighted by Gasteiger charge is 2.01. The molecule has 0 fully saturated rings. The Balaban J connectivity index is 2.74. The Morgan fingerprint density at radius 3 is 2.67 bits per heavy atom. The lowest BCUT2D eigenvalue weighted by molar-refractivity contribution is 0.224. The van der Waals surface area contributed by atoms with Gasteiger partial charge in [0, 0.05) is 6.08 Å². The van der Waals surface area contributed by atoms with Gasteiger partial charge in [-0.3, -0.25) is 5.43 Å². The second-order valence-electron chi connectivity index (χ2n) is 1.58. The van der Waals surface area contributed by atoms with Crippen molar-refractivity contribution in [1.82, 2.24) is 10.7 Å². The van der Waals surface area contributed by atoms with Gasteiger partial charge in [0.15, 0.2) is 5.84 Å². The van der Waals surface area contributed by atoms with E-state index in [0.29, 0.717) is 5.82 Å². The lowest BCUT2D eigenvalue weighted by Crippen LogP contribution is -2.45. The summed E-state index contributed by atoms with van der Waals surface area (Å²) in [6, 6.07) is 0. The molecule has 1 aliphatic heterocycles. The van der Waals surface area contributed by atoms with E-state index in [0.717, 1.165) is 5.23 Å². The molecule has 0 aromatic rings. The number of nitrogens with one attached hydrogen (secondary N) is 1. The first-order chi connectivity index (χ1) is 4.18. The van der Waals surface area contributed by atoms with E-state index in [2.05, 4.69) is 10.5 Å². The predicted octanol–water partition coefficient (Wildman–Crippen LogP) is -2.25. The molecule has 1 aliphatic rings. The van der Waals surface area contributed by atoms with Crippen molar-refractivity contribution in [2.75, 3.05) is 0 Å². The molecular formula is C3H8N6. The summed E-state index contributed by atoms with van der Waals surface area (Å²) in [6.45, 7) is 0. The van der Waals surface area contributed by atoms with Crippen LogP contribution in [-0.2, 0) is 0 Å². The molecule has 1 rings (SSSR count). The van der Waals surface area contributed by atoms with Gasteiger partial charge in [0.2, 0.25) is 0 Å². The molecule has 0 unspecified atom stereocenters. The van der Waals surface area contributed by atoms with Crippen molar-refractivity contribution >= 4 is 5.84 Å². The van der Waals surface area contributed by atoms with Gasteiger partial charge >= 0.3 is 0 Å². The van der Waals surface area contributed by atoms with Crippen LogP contribution < -0.4 is 22.7 Å². The van der Waals surface area contributed by atoms with Crippen LogP contribution >= 0.6 is 0 Å². The zero-order valence-corrected chi connectivity index (χ0v) is 4.70. The molecule has 0 amide bonds. The van der Waals surface area contributed by atoms with Crippen LogP contribution in [-0.4, -0.2) is 11.1 Å². The van der Waals surface area contributed by atoms with E-state index in [1.165, 1.54) is 6.08 Å². The number of rotatable bonds is 0. The van der Waals surface area contributed by atoms with Gasteiger partial charge in [-0.25, -0.2) is 5.84 Å². The highest BCUT2D eigenvalue weighted by molar-refractivity contribution is 5.91. The first kappa shape index (κ1) is 5.70. The number of hydrazone groups is 1. The Morgan fingerprint density at radius 1 is 1.56 bits per heavy atom. The average Bonchev–Trinajstić information content (AvgIpc) is 1.59. The number of nitrogens with two attached hydrogens (primary N) is 3. The fourth-order valence-corrected chi connectivity index (χ4v) is 0.502. The number of amidine groups is 1. The average molecular weight is 128 g/mol. The maximum atomic E-state index is 5.28. The number of nitrogens with zero attached hydrogens (tertiary/aromatic N) is 2. The maximum Gasteiger partial charge on any atom is 0.150 e. The number of hydrogen-bond donors (Lipinski definition) is 4. The van der Waals surface area contributed by atoms with Gasteiger partial charge in [0.05, 0.1) is 0 Å². The van der Waals surface area contributed by atoms with Gasteiger partial charge in [-0.05, 0) is 0 Å². The van der Waals surface area contributed by atoms with Crippen LogP contribution in [0.5, 0.6) is 0 Å². The molecule has 50 valence electrons. The number of hydrogen-bond acceptors (Lipinski definition) is 6. The SMILES string of the molecule is NC1=CC(N)=NN(N)N1. The van der Waals surface area contributed by atoms with Crippen LogP contribution in [0.15, 0.2) is 17.0 Å². The first-order valence-corrected chi connectivity index (χ1v) is 2.31. The molecule has 6 nitrogen and oxygen atoms in total. The van der Waals surface area contributed by atoms with E-state index >= 15 is 0 Å². The second-order valence-corrected chi connectivity index (χ2v) is 1.58. The molecule has 0 atom stereocenters. The van der Waals surface area contributed by atoms with Gasteiger partial charge < -0.3 is 11.5 Å². The Bertz CT molecular complexity index is 169. The van der Waals surface area contributed by atoms with Crippen LogP contribution in [0.3, 0.4) is 0 Å². The predicted molar refractivity (Wildman–Crippen MR) is 33.1 cm³/mol. The minimum Gasteiger partial charge on any atom is -0.384 e. The molecule has 0 saturated carbocycles. The fraction of sp³-hybridized carbons (Fsp3) is 0. The second kappa shape index (κ2) is 1.82. The topological polar surface area (TPSA) is 106 Å². The zero-order chi connectivity index (χ0) is 6.85. The summed E-state index contributed by atoms with van der Waals surface area (Å²) in [7, 11) is 0.